The highest BCUT2D eigenvalue weighted by Crippen LogP contribution is 2.27. The van der Waals surface area contributed by atoms with Gasteiger partial charge in [-0.2, -0.15) is 0 Å². The number of nitrogens with one attached hydrogen (secondary N) is 1. The number of nitrogens with zero attached hydrogens (tertiary/aromatic N) is 1. The van der Waals surface area contributed by atoms with Crippen LogP contribution in [0.1, 0.15) is 0 Å². The molecule has 1 N–H and O–H groups in total. The second-order valence-corrected chi connectivity index (χ2v) is 4.12. The molecule has 0 aliphatic heterocycles. The SMILES string of the molecule is FC(F)CNc1nccc2c(Br)cccc12. The summed E-state index contributed by atoms with van der Waals surface area (Å²) in [5.41, 5.74) is 0. The summed E-state index contributed by atoms with van der Waals surface area (Å²) < 4.78 is 25.1. The first-order valence-corrected chi connectivity index (χ1v) is 5.53. The molecule has 0 bridgehead atoms. The largest absolute Gasteiger partial charge is 0.364 e. The average Bonchev–Trinajstić information content (AvgIpc) is 2.27. The molecule has 0 saturated carbocycles. The molecule has 0 aliphatic rings. The second-order valence-electron chi connectivity index (χ2n) is 3.27. The molecule has 1 heterocycles. The molecule has 1 aromatic carbocycles. The summed E-state index contributed by atoms with van der Waals surface area (Å²) in [5, 5.41) is 4.42. The molecule has 16 heavy (non-hydrogen) atoms. The van der Waals surface area contributed by atoms with E-state index < -0.39 is 13.0 Å². The van der Waals surface area contributed by atoms with Gasteiger partial charge in [-0.25, -0.2) is 13.8 Å². The van der Waals surface area contributed by atoms with Crippen molar-refractivity contribution in [3.63, 3.8) is 0 Å². The van der Waals surface area contributed by atoms with E-state index in [4.69, 9.17) is 0 Å². The predicted molar refractivity (Wildman–Crippen MR) is 63.9 cm³/mol. The Hall–Kier alpha value is -1.23. The Morgan fingerprint density at radius 2 is 2.06 bits per heavy atom. The number of benzene rings is 1. The quantitative estimate of drug-likeness (QED) is 0.931. The van der Waals surface area contributed by atoms with Gasteiger partial charge in [0.25, 0.3) is 6.43 Å². The summed E-state index contributed by atoms with van der Waals surface area (Å²) in [7, 11) is 0. The number of alkyl halides is 2. The molecule has 5 heteroatoms. The molecule has 0 fully saturated rings. The predicted octanol–water partition coefficient (Wildman–Crippen LogP) is 3.67. The van der Waals surface area contributed by atoms with E-state index in [2.05, 4.69) is 26.2 Å². The molecule has 1 aromatic heterocycles. The Bertz CT molecular complexity index is 502. The van der Waals surface area contributed by atoms with Crippen LogP contribution in [0.5, 0.6) is 0 Å². The first kappa shape index (κ1) is 11.3. The van der Waals surface area contributed by atoms with Gasteiger partial charge >= 0.3 is 0 Å². The van der Waals surface area contributed by atoms with E-state index in [1.54, 1.807) is 6.20 Å². The van der Waals surface area contributed by atoms with Crippen molar-refractivity contribution in [2.45, 2.75) is 6.43 Å². The smallest absolute Gasteiger partial charge is 0.255 e. The lowest BCUT2D eigenvalue weighted by atomic mass is 10.1. The molecule has 2 aromatic rings. The standard InChI is InChI=1S/C11H9BrF2N2/c12-9-3-1-2-8-7(9)4-5-15-11(8)16-6-10(13)14/h1-5,10H,6H2,(H,15,16). The normalized spacial score (nSPS) is 11.0. The zero-order chi connectivity index (χ0) is 11.5. The molecule has 2 rings (SSSR count). The van der Waals surface area contributed by atoms with Gasteiger partial charge in [-0.15, -0.1) is 0 Å². The van der Waals surface area contributed by atoms with Crippen LogP contribution in [0.2, 0.25) is 0 Å². The van der Waals surface area contributed by atoms with Crippen LogP contribution < -0.4 is 5.32 Å². The molecule has 0 spiro atoms. The minimum absolute atomic E-state index is 0.390. The van der Waals surface area contributed by atoms with E-state index in [1.165, 1.54) is 0 Å². The summed E-state index contributed by atoms with van der Waals surface area (Å²) >= 11 is 3.41. The van der Waals surface area contributed by atoms with Crippen molar-refractivity contribution in [3.8, 4) is 0 Å². The Labute approximate surface area is 99.8 Å². The lowest BCUT2D eigenvalue weighted by Crippen LogP contribution is -2.11. The van der Waals surface area contributed by atoms with E-state index in [1.807, 2.05) is 24.3 Å². The van der Waals surface area contributed by atoms with Gasteiger partial charge in [0.05, 0.1) is 6.54 Å². The first-order chi connectivity index (χ1) is 7.68. The number of rotatable bonds is 3. The van der Waals surface area contributed by atoms with Crippen LogP contribution in [-0.4, -0.2) is 18.0 Å². The average molecular weight is 287 g/mol. The van der Waals surface area contributed by atoms with Gasteiger partial charge in [-0.05, 0) is 12.1 Å². The van der Waals surface area contributed by atoms with Gasteiger partial charge in [0.15, 0.2) is 0 Å². The van der Waals surface area contributed by atoms with Crippen molar-refractivity contribution < 1.29 is 8.78 Å². The van der Waals surface area contributed by atoms with Crippen LogP contribution >= 0.6 is 15.9 Å². The van der Waals surface area contributed by atoms with E-state index in [0.29, 0.717) is 5.82 Å². The fourth-order valence-electron chi connectivity index (χ4n) is 1.48. The van der Waals surface area contributed by atoms with Crippen molar-refractivity contribution >= 4 is 32.5 Å². The Balaban J connectivity index is 2.42. The second kappa shape index (κ2) is 4.74. The number of pyridine rings is 1. The Kier molecular flexibility index (Phi) is 3.33. The third kappa shape index (κ3) is 2.29. The van der Waals surface area contributed by atoms with Crippen molar-refractivity contribution in [3.05, 3.63) is 34.9 Å². The molecule has 0 aliphatic carbocycles. The van der Waals surface area contributed by atoms with Gasteiger partial charge in [-0.1, -0.05) is 28.1 Å². The molecule has 0 radical (unpaired) electrons. The van der Waals surface area contributed by atoms with E-state index >= 15 is 0 Å². The molecule has 0 unspecified atom stereocenters. The number of halogens is 3. The summed E-state index contributed by atoms with van der Waals surface area (Å²) in [6.07, 6.45) is -0.787. The fourth-order valence-corrected chi connectivity index (χ4v) is 1.98. The molecular weight excluding hydrogens is 278 g/mol. The van der Waals surface area contributed by atoms with Crippen LogP contribution in [0.15, 0.2) is 34.9 Å². The minimum atomic E-state index is -2.38. The fraction of sp³-hybridized carbons (Fsp3) is 0.182. The topological polar surface area (TPSA) is 24.9 Å². The monoisotopic (exact) mass is 286 g/mol. The molecule has 2 nitrogen and oxygen atoms in total. The highest BCUT2D eigenvalue weighted by Gasteiger charge is 2.06. The highest BCUT2D eigenvalue weighted by molar-refractivity contribution is 9.10. The van der Waals surface area contributed by atoms with E-state index in [-0.39, 0.29) is 0 Å². The maximum Gasteiger partial charge on any atom is 0.255 e. The lowest BCUT2D eigenvalue weighted by molar-refractivity contribution is 0.163. The van der Waals surface area contributed by atoms with Crippen LogP contribution in [-0.2, 0) is 0 Å². The van der Waals surface area contributed by atoms with Crippen LogP contribution in [0.3, 0.4) is 0 Å². The summed E-state index contributed by atoms with van der Waals surface area (Å²) in [6.45, 7) is -0.390. The van der Waals surface area contributed by atoms with Crippen LogP contribution in [0.4, 0.5) is 14.6 Å². The molecule has 84 valence electrons. The van der Waals surface area contributed by atoms with Gasteiger partial charge in [0.2, 0.25) is 0 Å². The first-order valence-electron chi connectivity index (χ1n) is 4.74. The Morgan fingerprint density at radius 3 is 2.81 bits per heavy atom. The maximum atomic E-state index is 12.1. The summed E-state index contributed by atoms with van der Waals surface area (Å²) in [4.78, 5) is 4.05. The van der Waals surface area contributed by atoms with Crippen molar-refractivity contribution in [1.29, 1.82) is 0 Å². The molecule has 0 atom stereocenters. The number of aromatic nitrogens is 1. The number of anilines is 1. The minimum Gasteiger partial charge on any atom is -0.364 e. The highest BCUT2D eigenvalue weighted by atomic mass is 79.9. The molecule has 0 amide bonds. The summed E-state index contributed by atoms with van der Waals surface area (Å²) in [5.74, 6) is 0.485. The van der Waals surface area contributed by atoms with Crippen LogP contribution in [0, 0.1) is 0 Å². The van der Waals surface area contributed by atoms with Gasteiger partial charge in [0, 0.05) is 21.4 Å². The lowest BCUT2D eigenvalue weighted by Gasteiger charge is -2.08. The van der Waals surface area contributed by atoms with Crippen molar-refractivity contribution in [1.82, 2.24) is 4.98 Å². The summed E-state index contributed by atoms with van der Waals surface area (Å²) in [6, 6.07) is 7.44. The molecular formula is C11H9BrF2N2. The zero-order valence-electron chi connectivity index (χ0n) is 8.25. The molecule has 0 saturated heterocycles. The number of hydrogen-bond acceptors (Lipinski definition) is 2. The third-order valence-electron chi connectivity index (χ3n) is 2.18. The van der Waals surface area contributed by atoms with Crippen molar-refractivity contribution in [2.75, 3.05) is 11.9 Å². The number of fused-ring (bicyclic) bond motifs is 1. The van der Waals surface area contributed by atoms with Crippen LogP contribution in [0.25, 0.3) is 10.8 Å². The zero-order valence-corrected chi connectivity index (χ0v) is 9.84. The van der Waals surface area contributed by atoms with E-state index in [9.17, 15) is 8.78 Å². The van der Waals surface area contributed by atoms with Gasteiger partial charge in [0.1, 0.15) is 5.82 Å². The Morgan fingerprint density at radius 1 is 1.25 bits per heavy atom. The van der Waals surface area contributed by atoms with E-state index in [0.717, 1.165) is 15.2 Å². The third-order valence-corrected chi connectivity index (χ3v) is 2.87. The maximum absolute atomic E-state index is 12.1. The van der Waals surface area contributed by atoms with Gasteiger partial charge < -0.3 is 5.32 Å². The van der Waals surface area contributed by atoms with Crippen molar-refractivity contribution in [2.24, 2.45) is 0 Å². The van der Waals surface area contributed by atoms with Gasteiger partial charge in [-0.3, -0.25) is 0 Å². The number of hydrogen-bond donors (Lipinski definition) is 1.